The van der Waals surface area contributed by atoms with E-state index in [1.807, 2.05) is 6.07 Å². The van der Waals surface area contributed by atoms with Crippen molar-refractivity contribution in [3.63, 3.8) is 0 Å². The van der Waals surface area contributed by atoms with Crippen LogP contribution >= 0.6 is 0 Å². The van der Waals surface area contributed by atoms with Crippen molar-refractivity contribution in [2.75, 3.05) is 27.2 Å². The normalized spacial score (nSPS) is 11.1. The molecule has 0 unspecified atom stereocenters. The van der Waals surface area contributed by atoms with Crippen LogP contribution in [0, 0.1) is 0 Å². The Morgan fingerprint density at radius 1 is 0.793 bits per heavy atom. The van der Waals surface area contributed by atoms with Crippen LogP contribution in [0.5, 0.6) is 0 Å². The molecule has 3 nitrogen and oxygen atoms in total. The quantitative estimate of drug-likeness (QED) is 0.276. The van der Waals surface area contributed by atoms with E-state index in [2.05, 4.69) is 50.6 Å². The van der Waals surface area contributed by atoms with Gasteiger partial charge < -0.3 is 26.8 Å². The summed E-state index contributed by atoms with van der Waals surface area (Å²) in [6.07, 6.45) is 16.2. The van der Waals surface area contributed by atoms with Gasteiger partial charge in [0.25, 0.3) is 5.91 Å². The summed E-state index contributed by atoms with van der Waals surface area (Å²) in [6, 6.07) is 10.4. The molecule has 168 valence electrons. The standard InChI is InChI=1S/C25H44N2O.BrH/c1-4-5-6-7-8-9-10-11-12-13-14-18-21-26-25(28)23-27(2,3)22-24-19-16-15-17-20-24;/h15-17,19-20H,4-14,18,21-23H2,1-3H3;1H. The second-order valence-corrected chi connectivity index (χ2v) is 8.98. The smallest absolute Gasteiger partial charge is 0.275 e. The molecule has 0 aliphatic rings. The Bertz CT molecular complexity index is 505. The highest BCUT2D eigenvalue weighted by atomic mass is 79.9. The van der Waals surface area contributed by atoms with E-state index >= 15 is 0 Å². The van der Waals surface area contributed by atoms with E-state index in [0.29, 0.717) is 11.0 Å². The summed E-state index contributed by atoms with van der Waals surface area (Å²) in [4.78, 5) is 12.2. The molecule has 0 aromatic heterocycles. The average molecular weight is 470 g/mol. The number of unbranched alkanes of at least 4 members (excludes halogenated alkanes) is 11. The van der Waals surface area contributed by atoms with Crippen LogP contribution < -0.4 is 22.3 Å². The average Bonchev–Trinajstić information content (AvgIpc) is 2.65. The lowest BCUT2D eigenvalue weighted by Gasteiger charge is -2.29. The molecule has 1 rings (SSSR count). The minimum Gasteiger partial charge on any atom is -1.00 e. The largest absolute Gasteiger partial charge is 1.00 e. The maximum absolute atomic E-state index is 12.2. The Labute approximate surface area is 191 Å². The number of nitrogens with zero attached hydrogens (tertiary/aromatic N) is 1. The number of nitrogens with one attached hydrogen (secondary N) is 1. The molecule has 29 heavy (non-hydrogen) atoms. The predicted molar refractivity (Wildman–Crippen MR) is 121 cm³/mol. The molecule has 0 aliphatic carbocycles. The minimum atomic E-state index is 0. The molecule has 0 aliphatic heterocycles. The summed E-state index contributed by atoms with van der Waals surface area (Å²) in [5.41, 5.74) is 1.28. The molecular formula is C25H45BrN2O. The number of carbonyl (C=O) groups is 1. The fourth-order valence-corrected chi connectivity index (χ4v) is 3.77. The molecule has 1 N–H and O–H groups in total. The van der Waals surface area contributed by atoms with Crippen LogP contribution in [-0.2, 0) is 11.3 Å². The molecule has 1 aromatic rings. The van der Waals surface area contributed by atoms with Gasteiger partial charge in [0.05, 0.1) is 14.1 Å². The molecule has 0 heterocycles. The van der Waals surface area contributed by atoms with Crippen LogP contribution in [0.4, 0.5) is 0 Å². The second-order valence-electron chi connectivity index (χ2n) is 8.98. The Morgan fingerprint density at radius 2 is 1.28 bits per heavy atom. The van der Waals surface area contributed by atoms with Crippen molar-refractivity contribution >= 4 is 5.91 Å². The van der Waals surface area contributed by atoms with E-state index in [9.17, 15) is 4.79 Å². The zero-order chi connectivity index (χ0) is 20.5. The highest BCUT2D eigenvalue weighted by Crippen LogP contribution is 2.12. The lowest BCUT2D eigenvalue weighted by molar-refractivity contribution is -0.895. The first kappa shape index (κ1) is 28.1. The van der Waals surface area contributed by atoms with Crippen LogP contribution in [0.25, 0.3) is 0 Å². The molecule has 1 aromatic carbocycles. The molecule has 0 atom stereocenters. The lowest BCUT2D eigenvalue weighted by Crippen LogP contribution is -3.00. The van der Waals surface area contributed by atoms with Gasteiger partial charge in [0.15, 0.2) is 6.54 Å². The van der Waals surface area contributed by atoms with E-state index in [-0.39, 0.29) is 22.9 Å². The topological polar surface area (TPSA) is 29.1 Å². The molecular weight excluding hydrogens is 424 g/mol. The molecule has 0 radical (unpaired) electrons. The fourth-order valence-electron chi connectivity index (χ4n) is 3.77. The van der Waals surface area contributed by atoms with Crippen LogP contribution in [0.2, 0.25) is 0 Å². The maximum Gasteiger partial charge on any atom is 0.275 e. The first-order chi connectivity index (χ1) is 13.5. The zero-order valence-electron chi connectivity index (χ0n) is 19.2. The second kappa shape index (κ2) is 17.9. The summed E-state index contributed by atoms with van der Waals surface area (Å²) < 4.78 is 0.689. The van der Waals surface area contributed by atoms with E-state index in [4.69, 9.17) is 0 Å². The van der Waals surface area contributed by atoms with Gasteiger partial charge in [-0.3, -0.25) is 4.79 Å². The van der Waals surface area contributed by atoms with Crippen molar-refractivity contribution in [1.29, 1.82) is 0 Å². The third kappa shape index (κ3) is 16.6. The number of halogens is 1. The molecule has 0 fully saturated rings. The van der Waals surface area contributed by atoms with Crippen molar-refractivity contribution in [3.05, 3.63) is 35.9 Å². The number of hydrogen-bond donors (Lipinski definition) is 1. The van der Waals surface area contributed by atoms with Crippen molar-refractivity contribution < 1.29 is 26.3 Å². The van der Waals surface area contributed by atoms with Gasteiger partial charge in [0, 0.05) is 12.1 Å². The molecule has 0 saturated carbocycles. The van der Waals surface area contributed by atoms with E-state index in [0.717, 1.165) is 19.5 Å². The summed E-state index contributed by atoms with van der Waals surface area (Å²) in [5, 5.41) is 3.11. The first-order valence-electron chi connectivity index (χ1n) is 11.7. The van der Waals surface area contributed by atoms with E-state index in [1.54, 1.807) is 0 Å². The van der Waals surface area contributed by atoms with E-state index < -0.39 is 0 Å². The highest BCUT2D eigenvalue weighted by Gasteiger charge is 2.20. The zero-order valence-corrected chi connectivity index (χ0v) is 20.8. The van der Waals surface area contributed by atoms with Gasteiger partial charge in [0.1, 0.15) is 6.54 Å². The molecule has 1 amide bonds. The number of likely N-dealkylation sites (N-methyl/N-ethyl adjacent to an activating group) is 1. The van der Waals surface area contributed by atoms with Crippen molar-refractivity contribution in [2.24, 2.45) is 0 Å². The Balaban J connectivity index is 0.00000784. The van der Waals surface area contributed by atoms with Gasteiger partial charge in [-0.2, -0.15) is 0 Å². The van der Waals surface area contributed by atoms with Gasteiger partial charge in [-0.25, -0.2) is 0 Å². The Hall–Kier alpha value is -0.870. The van der Waals surface area contributed by atoms with Crippen LogP contribution in [0.15, 0.2) is 30.3 Å². The van der Waals surface area contributed by atoms with Crippen LogP contribution in [-0.4, -0.2) is 37.6 Å². The summed E-state index contributed by atoms with van der Waals surface area (Å²) in [7, 11) is 4.24. The molecule has 0 saturated heterocycles. The highest BCUT2D eigenvalue weighted by molar-refractivity contribution is 5.77. The van der Waals surface area contributed by atoms with Gasteiger partial charge in [0.2, 0.25) is 0 Å². The van der Waals surface area contributed by atoms with Crippen LogP contribution in [0.1, 0.15) is 89.5 Å². The minimum absolute atomic E-state index is 0. The SMILES string of the molecule is CCCCCCCCCCCCCCNC(=O)C[N+](C)(C)Cc1ccccc1.[Br-]. The fraction of sp³-hybridized carbons (Fsp3) is 0.720. The Morgan fingerprint density at radius 3 is 1.79 bits per heavy atom. The first-order valence-corrected chi connectivity index (χ1v) is 11.7. The third-order valence-electron chi connectivity index (χ3n) is 5.38. The number of rotatable bonds is 17. The summed E-state index contributed by atoms with van der Waals surface area (Å²) in [5.74, 6) is 0.170. The summed E-state index contributed by atoms with van der Waals surface area (Å²) in [6.45, 7) is 4.51. The maximum atomic E-state index is 12.2. The number of carbonyl (C=O) groups excluding carboxylic acids is 1. The van der Waals surface area contributed by atoms with Crippen LogP contribution in [0.3, 0.4) is 0 Å². The summed E-state index contributed by atoms with van der Waals surface area (Å²) >= 11 is 0. The van der Waals surface area contributed by atoms with Gasteiger partial charge in [-0.1, -0.05) is 108 Å². The predicted octanol–water partition coefficient (Wildman–Crippen LogP) is 3.08. The number of quaternary nitrogens is 1. The lowest BCUT2D eigenvalue weighted by atomic mass is 10.1. The Kier molecular flexibility index (Phi) is 17.4. The third-order valence-corrected chi connectivity index (χ3v) is 5.38. The van der Waals surface area contributed by atoms with Crippen molar-refractivity contribution in [2.45, 2.75) is 90.5 Å². The molecule has 0 bridgehead atoms. The number of benzene rings is 1. The molecule has 4 heteroatoms. The monoisotopic (exact) mass is 468 g/mol. The number of hydrogen-bond acceptors (Lipinski definition) is 1. The molecule has 0 spiro atoms. The van der Waals surface area contributed by atoms with Crippen molar-refractivity contribution in [3.8, 4) is 0 Å². The van der Waals surface area contributed by atoms with E-state index in [1.165, 1.54) is 76.2 Å². The van der Waals surface area contributed by atoms with Crippen molar-refractivity contribution in [1.82, 2.24) is 5.32 Å². The van der Waals surface area contributed by atoms with Gasteiger partial charge >= 0.3 is 0 Å². The van der Waals surface area contributed by atoms with Gasteiger partial charge in [-0.15, -0.1) is 0 Å². The number of amides is 1. The van der Waals surface area contributed by atoms with Gasteiger partial charge in [-0.05, 0) is 6.42 Å².